The van der Waals surface area contributed by atoms with Gasteiger partial charge in [0.2, 0.25) is 5.91 Å². The van der Waals surface area contributed by atoms with Gasteiger partial charge in [-0.05, 0) is 49.4 Å². The molecular formula is C15H20F2N2O. The second-order valence-corrected chi connectivity index (χ2v) is 5.35. The van der Waals surface area contributed by atoms with Crippen LogP contribution in [0.1, 0.15) is 24.8 Å². The van der Waals surface area contributed by atoms with Gasteiger partial charge in [0.15, 0.2) is 11.6 Å². The Hall–Kier alpha value is -1.49. The van der Waals surface area contributed by atoms with Crippen molar-refractivity contribution >= 4 is 5.91 Å². The molecule has 1 saturated heterocycles. The number of rotatable bonds is 4. The zero-order valence-electron chi connectivity index (χ0n) is 11.4. The molecule has 1 aliphatic rings. The highest BCUT2D eigenvalue weighted by atomic mass is 19.2. The Balaban J connectivity index is 1.95. The molecule has 1 aliphatic heterocycles. The number of carbonyl (C=O) groups is 1. The van der Waals surface area contributed by atoms with E-state index in [0.717, 1.165) is 44.5 Å². The van der Waals surface area contributed by atoms with Crippen LogP contribution in [-0.4, -0.2) is 30.4 Å². The standard InChI is InChI=1S/C15H20F2N2O/c16-13-4-3-12(8-14(13)17)9-15(20)19-7-1-2-11(10-19)5-6-18/h3-4,8,11H,1-2,5-7,9-10,18H2. The van der Waals surface area contributed by atoms with Crippen LogP contribution < -0.4 is 5.73 Å². The Kier molecular flexibility index (Phi) is 5.06. The van der Waals surface area contributed by atoms with Crippen LogP contribution in [-0.2, 0) is 11.2 Å². The summed E-state index contributed by atoms with van der Waals surface area (Å²) in [6.07, 6.45) is 3.13. The van der Waals surface area contributed by atoms with E-state index < -0.39 is 11.6 Å². The summed E-state index contributed by atoms with van der Waals surface area (Å²) in [4.78, 5) is 14.0. The number of piperidine rings is 1. The molecule has 2 N–H and O–H groups in total. The summed E-state index contributed by atoms with van der Waals surface area (Å²) in [7, 11) is 0. The zero-order valence-corrected chi connectivity index (χ0v) is 11.4. The minimum absolute atomic E-state index is 0.0299. The van der Waals surface area contributed by atoms with Crippen molar-refractivity contribution in [3.05, 3.63) is 35.4 Å². The largest absolute Gasteiger partial charge is 0.342 e. The molecule has 0 radical (unpaired) electrons. The molecule has 0 aliphatic carbocycles. The molecule has 2 rings (SSSR count). The molecule has 1 aromatic rings. The Morgan fingerprint density at radius 1 is 1.35 bits per heavy atom. The lowest BCUT2D eigenvalue weighted by Gasteiger charge is -2.32. The first-order valence-corrected chi connectivity index (χ1v) is 7.02. The first-order chi connectivity index (χ1) is 9.60. The fraction of sp³-hybridized carbons (Fsp3) is 0.533. The second kappa shape index (κ2) is 6.79. The topological polar surface area (TPSA) is 46.3 Å². The molecule has 0 bridgehead atoms. The maximum atomic E-state index is 13.1. The van der Waals surface area contributed by atoms with Gasteiger partial charge in [0.1, 0.15) is 0 Å². The fourth-order valence-corrected chi connectivity index (χ4v) is 2.70. The molecule has 0 saturated carbocycles. The average Bonchev–Trinajstić information content (AvgIpc) is 2.43. The molecule has 1 fully saturated rings. The Morgan fingerprint density at radius 3 is 2.85 bits per heavy atom. The number of carbonyl (C=O) groups excluding carboxylic acids is 1. The summed E-state index contributed by atoms with van der Waals surface area (Å²) in [5, 5.41) is 0. The van der Waals surface area contributed by atoms with Gasteiger partial charge in [-0.1, -0.05) is 6.07 Å². The summed E-state index contributed by atoms with van der Waals surface area (Å²) in [5.41, 5.74) is 6.06. The number of hydrogen-bond acceptors (Lipinski definition) is 2. The van der Waals surface area contributed by atoms with Gasteiger partial charge in [0.05, 0.1) is 6.42 Å². The minimum Gasteiger partial charge on any atom is -0.342 e. The highest BCUT2D eigenvalue weighted by Crippen LogP contribution is 2.20. The zero-order chi connectivity index (χ0) is 14.5. The van der Waals surface area contributed by atoms with Gasteiger partial charge in [-0.3, -0.25) is 4.79 Å². The molecule has 5 heteroatoms. The van der Waals surface area contributed by atoms with E-state index in [0.29, 0.717) is 18.0 Å². The van der Waals surface area contributed by atoms with Gasteiger partial charge < -0.3 is 10.6 Å². The van der Waals surface area contributed by atoms with Crippen LogP contribution in [0, 0.1) is 17.6 Å². The Morgan fingerprint density at radius 2 is 2.15 bits per heavy atom. The van der Waals surface area contributed by atoms with Crippen LogP contribution in [0.2, 0.25) is 0 Å². The van der Waals surface area contributed by atoms with Gasteiger partial charge in [-0.15, -0.1) is 0 Å². The van der Waals surface area contributed by atoms with Gasteiger partial charge in [0, 0.05) is 13.1 Å². The van der Waals surface area contributed by atoms with E-state index in [-0.39, 0.29) is 12.3 Å². The van der Waals surface area contributed by atoms with Crippen molar-refractivity contribution < 1.29 is 13.6 Å². The van der Waals surface area contributed by atoms with Crippen LogP contribution in [0.5, 0.6) is 0 Å². The molecule has 110 valence electrons. The van der Waals surface area contributed by atoms with Gasteiger partial charge in [-0.25, -0.2) is 8.78 Å². The maximum Gasteiger partial charge on any atom is 0.227 e. The number of nitrogens with zero attached hydrogens (tertiary/aromatic N) is 1. The van der Waals surface area contributed by atoms with E-state index in [4.69, 9.17) is 5.73 Å². The van der Waals surface area contributed by atoms with Crippen molar-refractivity contribution in [2.45, 2.75) is 25.7 Å². The van der Waals surface area contributed by atoms with E-state index in [9.17, 15) is 13.6 Å². The van der Waals surface area contributed by atoms with Crippen LogP contribution in [0.4, 0.5) is 8.78 Å². The molecular weight excluding hydrogens is 262 g/mol. The van der Waals surface area contributed by atoms with Gasteiger partial charge in [-0.2, -0.15) is 0 Å². The lowest BCUT2D eigenvalue weighted by atomic mass is 9.94. The Labute approximate surface area is 117 Å². The molecule has 1 atom stereocenters. The highest BCUT2D eigenvalue weighted by Gasteiger charge is 2.23. The molecule has 0 spiro atoms. The monoisotopic (exact) mass is 282 g/mol. The molecule has 1 amide bonds. The van der Waals surface area contributed by atoms with E-state index in [1.165, 1.54) is 6.07 Å². The maximum absolute atomic E-state index is 13.1. The van der Waals surface area contributed by atoms with Crippen LogP contribution >= 0.6 is 0 Å². The number of amides is 1. The number of likely N-dealkylation sites (tertiary alicyclic amines) is 1. The molecule has 3 nitrogen and oxygen atoms in total. The summed E-state index contributed by atoms with van der Waals surface area (Å²) in [5.74, 6) is -1.36. The fourth-order valence-electron chi connectivity index (χ4n) is 2.70. The third kappa shape index (κ3) is 3.76. The predicted molar refractivity (Wildman–Crippen MR) is 73.0 cm³/mol. The minimum atomic E-state index is -0.907. The first-order valence-electron chi connectivity index (χ1n) is 7.02. The number of nitrogens with two attached hydrogens (primary N) is 1. The number of hydrogen-bond donors (Lipinski definition) is 1. The van der Waals surface area contributed by atoms with E-state index in [2.05, 4.69) is 0 Å². The van der Waals surface area contributed by atoms with Crippen molar-refractivity contribution in [2.24, 2.45) is 11.7 Å². The summed E-state index contributed by atoms with van der Waals surface area (Å²) < 4.78 is 26.0. The van der Waals surface area contributed by atoms with Crippen molar-refractivity contribution in [1.29, 1.82) is 0 Å². The lowest BCUT2D eigenvalue weighted by Crippen LogP contribution is -2.41. The average molecular weight is 282 g/mol. The Bertz CT molecular complexity index is 477. The molecule has 1 heterocycles. The summed E-state index contributed by atoms with van der Waals surface area (Å²) >= 11 is 0. The molecule has 20 heavy (non-hydrogen) atoms. The second-order valence-electron chi connectivity index (χ2n) is 5.35. The first kappa shape index (κ1) is 14.9. The van der Waals surface area contributed by atoms with E-state index in [1.54, 1.807) is 0 Å². The van der Waals surface area contributed by atoms with E-state index in [1.807, 2.05) is 4.90 Å². The third-order valence-corrected chi connectivity index (χ3v) is 3.79. The predicted octanol–water partition coefficient (Wildman–Crippen LogP) is 2.09. The third-order valence-electron chi connectivity index (χ3n) is 3.79. The summed E-state index contributed by atoms with van der Waals surface area (Å²) in [6, 6.07) is 3.61. The molecule has 1 aromatic carbocycles. The normalized spacial score (nSPS) is 19.1. The van der Waals surface area contributed by atoms with Crippen molar-refractivity contribution in [3.63, 3.8) is 0 Å². The van der Waals surface area contributed by atoms with Gasteiger partial charge >= 0.3 is 0 Å². The number of halogens is 2. The summed E-state index contributed by atoms with van der Waals surface area (Å²) in [6.45, 7) is 2.10. The molecule has 0 aromatic heterocycles. The van der Waals surface area contributed by atoms with Crippen molar-refractivity contribution in [3.8, 4) is 0 Å². The van der Waals surface area contributed by atoms with Crippen molar-refractivity contribution in [2.75, 3.05) is 19.6 Å². The van der Waals surface area contributed by atoms with Crippen LogP contribution in [0.3, 0.4) is 0 Å². The smallest absolute Gasteiger partial charge is 0.227 e. The number of benzene rings is 1. The highest BCUT2D eigenvalue weighted by molar-refractivity contribution is 5.78. The van der Waals surface area contributed by atoms with Crippen LogP contribution in [0.15, 0.2) is 18.2 Å². The van der Waals surface area contributed by atoms with Crippen LogP contribution in [0.25, 0.3) is 0 Å². The molecule has 1 unspecified atom stereocenters. The SMILES string of the molecule is NCCC1CCCN(C(=O)Cc2ccc(F)c(F)c2)C1. The van der Waals surface area contributed by atoms with Gasteiger partial charge in [0.25, 0.3) is 0 Å². The quantitative estimate of drug-likeness (QED) is 0.919. The lowest BCUT2D eigenvalue weighted by molar-refractivity contribution is -0.132. The van der Waals surface area contributed by atoms with Crippen molar-refractivity contribution in [1.82, 2.24) is 4.90 Å². The van der Waals surface area contributed by atoms with E-state index >= 15 is 0 Å².